The summed E-state index contributed by atoms with van der Waals surface area (Å²) < 4.78 is 13.7. The van der Waals surface area contributed by atoms with Gasteiger partial charge in [0.05, 0.1) is 12.2 Å². The number of aromatic carboxylic acids is 1. The van der Waals surface area contributed by atoms with Crippen LogP contribution in [0.1, 0.15) is 27.2 Å². The molecule has 0 aliphatic carbocycles. The summed E-state index contributed by atoms with van der Waals surface area (Å²) in [5, 5.41) is 15.8. The molecule has 0 unspecified atom stereocenters. The Labute approximate surface area is 236 Å². The number of carbonyl (C=O) groups is 1. The van der Waals surface area contributed by atoms with Crippen molar-refractivity contribution in [2.24, 2.45) is 0 Å². The molecule has 0 radical (unpaired) electrons. The van der Waals surface area contributed by atoms with Gasteiger partial charge < -0.3 is 14.6 Å². The number of halogens is 2. The summed E-state index contributed by atoms with van der Waals surface area (Å²) in [5.41, 5.74) is 4.06. The number of aromatic nitrogens is 2. The number of nitrogens with zero attached hydrogens (tertiary/aromatic N) is 2. The minimum atomic E-state index is -1.06. The summed E-state index contributed by atoms with van der Waals surface area (Å²) in [6, 6.07) is 31.4. The lowest BCUT2D eigenvalue weighted by atomic mass is 10.1. The number of hydrogen-bond donors (Lipinski definition) is 1. The van der Waals surface area contributed by atoms with Gasteiger partial charge in [-0.05, 0) is 59.2 Å². The average Bonchev–Trinajstić information content (AvgIpc) is 3.37. The molecule has 6 nitrogen and oxygen atoms in total. The van der Waals surface area contributed by atoms with Gasteiger partial charge in [0.25, 0.3) is 0 Å². The molecule has 0 spiro atoms. The third kappa shape index (κ3) is 6.79. The molecule has 39 heavy (non-hydrogen) atoms. The first-order valence-corrected chi connectivity index (χ1v) is 12.9. The number of benzene rings is 4. The van der Waals surface area contributed by atoms with E-state index in [0.29, 0.717) is 46.0 Å². The van der Waals surface area contributed by atoms with Crippen LogP contribution in [0.3, 0.4) is 0 Å². The van der Waals surface area contributed by atoms with Gasteiger partial charge in [0.2, 0.25) is 0 Å². The zero-order valence-electron chi connectivity index (χ0n) is 20.8. The molecule has 1 N–H and O–H groups in total. The molecule has 8 heteroatoms. The topological polar surface area (TPSA) is 73.6 Å². The molecule has 0 aliphatic heterocycles. The highest BCUT2D eigenvalue weighted by Crippen LogP contribution is 2.34. The normalized spacial score (nSPS) is 10.8. The van der Waals surface area contributed by atoms with Gasteiger partial charge in [0.1, 0.15) is 30.4 Å². The third-order valence-electron chi connectivity index (χ3n) is 6.03. The van der Waals surface area contributed by atoms with Crippen LogP contribution in [-0.2, 0) is 19.8 Å². The minimum absolute atomic E-state index is 0.0839. The number of hydrogen-bond acceptors (Lipinski definition) is 4. The molecule has 1 aromatic heterocycles. The van der Waals surface area contributed by atoms with Crippen molar-refractivity contribution in [2.75, 3.05) is 0 Å². The van der Waals surface area contributed by atoms with Gasteiger partial charge in [-0.15, -0.1) is 0 Å². The number of rotatable bonds is 10. The van der Waals surface area contributed by atoms with E-state index < -0.39 is 5.97 Å². The molecular weight excluding hydrogens is 535 g/mol. The van der Waals surface area contributed by atoms with Crippen LogP contribution in [0.15, 0.2) is 103 Å². The Hall–Kier alpha value is -4.26. The van der Waals surface area contributed by atoms with E-state index in [1.54, 1.807) is 24.3 Å². The molecule has 0 aliphatic rings. The Morgan fingerprint density at radius 3 is 1.97 bits per heavy atom. The van der Waals surface area contributed by atoms with Crippen molar-refractivity contribution >= 4 is 29.2 Å². The van der Waals surface area contributed by atoms with Gasteiger partial charge in [-0.3, -0.25) is 4.68 Å². The van der Waals surface area contributed by atoms with E-state index in [1.165, 1.54) is 4.68 Å². The number of ether oxygens (including phenoxy) is 2. The van der Waals surface area contributed by atoms with Crippen LogP contribution in [-0.4, -0.2) is 20.9 Å². The highest BCUT2D eigenvalue weighted by atomic mass is 35.5. The summed E-state index contributed by atoms with van der Waals surface area (Å²) in [5.74, 6) is 0.0538. The predicted octanol–water partition coefficient (Wildman–Crippen LogP) is 7.76. The first-order valence-electron chi connectivity index (χ1n) is 12.2. The Morgan fingerprint density at radius 1 is 0.744 bits per heavy atom. The van der Waals surface area contributed by atoms with Gasteiger partial charge in [-0.25, -0.2) is 4.79 Å². The molecule has 1 heterocycles. The molecular formula is C31H24Cl2N2O4. The zero-order chi connectivity index (χ0) is 27.2. The van der Waals surface area contributed by atoms with Crippen molar-refractivity contribution in [3.63, 3.8) is 0 Å². The van der Waals surface area contributed by atoms with Gasteiger partial charge >= 0.3 is 5.97 Å². The summed E-state index contributed by atoms with van der Waals surface area (Å²) in [6.07, 6.45) is 0. The second-order valence-electron chi connectivity index (χ2n) is 8.85. The molecule has 0 saturated carbocycles. The molecule has 0 amide bonds. The lowest BCUT2D eigenvalue weighted by molar-refractivity contribution is 0.0684. The van der Waals surface area contributed by atoms with E-state index in [9.17, 15) is 9.90 Å². The van der Waals surface area contributed by atoms with Crippen LogP contribution >= 0.6 is 23.2 Å². The molecule has 196 valence electrons. The Bertz CT molecular complexity index is 1570. The van der Waals surface area contributed by atoms with Crippen molar-refractivity contribution in [3.8, 4) is 22.8 Å². The quantitative estimate of drug-likeness (QED) is 0.189. The molecule has 0 saturated heterocycles. The highest BCUT2D eigenvalue weighted by Gasteiger charge is 2.19. The maximum absolute atomic E-state index is 12.0. The zero-order valence-corrected chi connectivity index (χ0v) is 22.3. The van der Waals surface area contributed by atoms with Gasteiger partial charge in [0, 0.05) is 21.7 Å². The standard InChI is InChI=1S/C31H24Cl2N2O4/c32-24-10-6-22(7-11-24)19-38-26-14-15-27(30(16-26)39-20-23-8-12-25(33)13-9-23)28-17-29(31(36)37)35(34-28)18-21-4-2-1-3-5-21/h1-17H,18-20H2,(H,36,37). The predicted molar refractivity (Wildman–Crippen MR) is 152 cm³/mol. The first kappa shape index (κ1) is 26.4. The van der Waals surface area contributed by atoms with Crippen LogP contribution in [0, 0.1) is 0 Å². The van der Waals surface area contributed by atoms with Gasteiger partial charge in [-0.2, -0.15) is 5.10 Å². The van der Waals surface area contributed by atoms with E-state index in [2.05, 4.69) is 5.10 Å². The first-order chi connectivity index (χ1) is 18.9. The summed E-state index contributed by atoms with van der Waals surface area (Å²) >= 11 is 12.0. The second-order valence-corrected chi connectivity index (χ2v) is 9.72. The van der Waals surface area contributed by atoms with Crippen molar-refractivity contribution in [3.05, 3.63) is 136 Å². The van der Waals surface area contributed by atoms with E-state index in [-0.39, 0.29) is 12.3 Å². The Kier molecular flexibility index (Phi) is 8.16. The Balaban J connectivity index is 1.45. The molecule has 0 bridgehead atoms. The molecule has 5 aromatic rings. The molecule has 0 atom stereocenters. The fraction of sp³-hybridized carbons (Fsp3) is 0.0968. The maximum Gasteiger partial charge on any atom is 0.354 e. The summed E-state index contributed by atoms with van der Waals surface area (Å²) in [7, 11) is 0. The largest absolute Gasteiger partial charge is 0.489 e. The number of carboxylic acid groups (broad SMARTS) is 1. The second kappa shape index (κ2) is 12.1. The summed E-state index contributed by atoms with van der Waals surface area (Å²) in [4.78, 5) is 12.0. The third-order valence-corrected chi connectivity index (χ3v) is 6.53. The molecule has 4 aromatic carbocycles. The lowest BCUT2D eigenvalue weighted by Gasteiger charge is -2.14. The highest BCUT2D eigenvalue weighted by molar-refractivity contribution is 6.30. The van der Waals surface area contributed by atoms with Crippen LogP contribution in [0.2, 0.25) is 10.0 Å². The van der Waals surface area contributed by atoms with Crippen molar-refractivity contribution < 1.29 is 19.4 Å². The molecule has 0 fully saturated rings. The lowest BCUT2D eigenvalue weighted by Crippen LogP contribution is -2.10. The van der Waals surface area contributed by atoms with Crippen LogP contribution in [0.25, 0.3) is 11.3 Å². The van der Waals surface area contributed by atoms with Gasteiger partial charge in [0.15, 0.2) is 0 Å². The maximum atomic E-state index is 12.0. The van der Waals surface area contributed by atoms with E-state index >= 15 is 0 Å². The fourth-order valence-corrected chi connectivity index (χ4v) is 4.26. The van der Waals surface area contributed by atoms with Gasteiger partial charge in [-0.1, -0.05) is 77.8 Å². The minimum Gasteiger partial charge on any atom is -0.489 e. The van der Waals surface area contributed by atoms with E-state index in [4.69, 9.17) is 32.7 Å². The van der Waals surface area contributed by atoms with E-state index in [1.807, 2.05) is 78.9 Å². The fourth-order valence-electron chi connectivity index (χ4n) is 4.01. The SMILES string of the molecule is O=C(O)c1cc(-c2ccc(OCc3ccc(Cl)cc3)cc2OCc2ccc(Cl)cc2)nn1Cc1ccccc1. The van der Waals surface area contributed by atoms with Crippen LogP contribution in [0.4, 0.5) is 0 Å². The summed E-state index contributed by atoms with van der Waals surface area (Å²) in [6.45, 7) is 0.953. The van der Waals surface area contributed by atoms with Crippen molar-refractivity contribution in [1.29, 1.82) is 0 Å². The Morgan fingerprint density at radius 2 is 1.36 bits per heavy atom. The number of carboxylic acids is 1. The molecule has 5 rings (SSSR count). The van der Waals surface area contributed by atoms with E-state index in [0.717, 1.165) is 16.7 Å². The van der Waals surface area contributed by atoms with Crippen molar-refractivity contribution in [1.82, 2.24) is 9.78 Å². The smallest absolute Gasteiger partial charge is 0.354 e. The van der Waals surface area contributed by atoms with Crippen molar-refractivity contribution in [2.45, 2.75) is 19.8 Å². The monoisotopic (exact) mass is 558 g/mol. The van der Waals surface area contributed by atoms with Crippen LogP contribution < -0.4 is 9.47 Å². The van der Waals surface area contributed by atoms with Crippen LogP contribution in [0.5, 0.6) is 11.5 Å². The average molecular weight is 559 g/mol.